The highest BCUT2D eigenvalue weighted by Crippen LogP contribution is 2.24. The minimum absolute atomic E-state index is 0.547. The molecule has 1 N–H and O–H groups in total. The molecule has 3 aromatic rings. The number of benzene rings is 1. The lowest BCUT2D eigenvalue weighted by Gasteiger charge is -2.10. The molecule has 2 aromatic heterocycles. The Bertz CT molecular complexity index is 712. The predicted molar refractivity (Wildman–Crippen MR) is 83.4 cm³/mol. The SMILES string of the molecule is CC(C)c1ccc(Nc2nccc3cnccc23)cc1. The summed E-state index contributed by atoms with van der Waals surface area (Å²) in [6.45, 7) is 4.39. The highest BCUT2D eigenvalue weighted by Gasteiger charge is 2.03. The standard InChI is InChI=1S/C17H17N3/c1-12(2)13-3-5-15(6-4-13)20-17-16-8-9-18-11-14(16)7-10-19-17/h3-12H,1-2H3,(H,19,20). The second-order valence-corrected chi connectivity index (χ2v) is 5.16. The summed E-state index contributed by atoms with van der Waals surface area (Å²) in [6, 6.07) is 12.4. The van der Waals surface area contributed by atoms with Crippen molar-refractivity contribution in [3.8, 4) is 0 Å². The van der Waals surface area contributed by atoms with E-state index in [2.05, 4.69) is 53.4 Å². The Labute approximate surface area is 118 Å². The Morgan fingerprint density at radius 2 is 1.75 bits per heavy atom. The number of hydrogen-bond acceptors (Lipinski definition) is 3. The first kappa shape index (κ1) is 12.6. The van der Waals surface area contributed by atoms with E-state index >= 15 is 0 Å². The van der Waals surface area contributed by atoms with E-state index in [9.17, 15) is 0 Å². The summed E-state index contributed by atoms with van der Waals surface area (Å²) >= 11 is 0. The molecule has 0 saturated heterocycles. The zero-order valence-corrected chi connectivity index (χ0v) is 11.7. The van der Waals surface area contributed by atoms with E-state index in [1.54, 1.807) is 12.4 Å². The van der Waals surface area contributed by atoms with Crippen molar-refractivity contribution in [3.05, 3.63) is 60.6 Å². The van der Waals surface area contributed by atoms with Crippen molar-refractivity contribution in [2.24, 2.45) is 0 Å². The number of anilines is 2. The van der Waals surface area contributed by atoms with E-state index in [4.69, 9.17) is 0 Å². The van der Waals surface area contributed by atoms with Gasteiger partial charge in [0.1, 0.15) is 5.82 Å². The van der Waals surface area contributed by atoms with E-state index in [0.717, 1.165) is 22.3 Å². The fourth-order valence-electron chi connectivity index (χ4n) is 2.20. The quantitative estimate of drug-likeness (QED) is 0.756. The molecule has 0 unspecified atom stereocenters. The summed E-state index contributed by atoms with van der Waals surface area (Å²) in [6.07, 6.45) is 5.44. The molecule has 0 radical (unpaired) electrons. The minimum Gasteiger partial charge on any atom is -0.340 e. The van der Waals surface area contributed by atoms with Gasteiger partial charge >= 0.3 is 0 Å². The van der Waals surface area contributed by atoms with Gasteiger partial charge in [-0.1, -0.05) is 26.0 Å². The summed E-state index contributed by atoms with van der Waals surface area (Å²) in [4.78, 5) is 8.56. The number of nitrogens with zero attached hydrogens (tertiary/aromatic N) is 2. The Morgan fingerprint density at radius 1 is 0.950 bits per heavy atom. The third kappa shape index (κ3) is 2.48. The molecule has 1 aromatic carbocycles. The van der Waals surface area contributed by atoms with Gasteiger partial charge in [-0.25, -0.2) is 4.98 Å². The summed E-state index contributed by atoms with van der Waals surface area (Å²) in [5.41, 5.74) is 2.39. The van der Waals surface area contributed by atoms with Gasteiger partial charge in [-0.05, 0) is 35.7 Å². The Morgan fingerprint density at radius 3 is 2.50 bits per heavy atom. The van der Waals surface area contributed by atoms with Gasteiger partial charge in [0.2, 0.25) is 0 Å². The lowest BCUT2D eigenvalue weighted by molar-refractivity contribution is 0.867. The van der Waals surface area contributed by atoms with Crippen LogP contribution >= 0.6 is 0 Å². The van der Waals surface area contributed by atoms with E-state index in [-0.39, 0.29) is 0 Å². The number of pyridine rings is 2. The molecule has 0 bridgehead atoms. The van der Waals surface area contributed by atoms with Crippen LogP contribution in [-0.2, 0) is 0 Å². The maximum atomic E-state index is 4.42. The summed E-state index contributed by atoms with van der Waals surface area (Å²) < 4.78 is 0. The lowest BCUT2D eigenvalue weighted by Crippen LogP contribution is -1.95. The monoisotopic (exact) mass is 263 g/mol. The zero-order chi connectivity index (χ0) is 13.9. The number of aromatic nitrogens is 2. The van der Waals surface area contributed by atoms with Crippen LogP contribution in [-0.4, -0.2) is 9.97 Å². The molecule has 3 rings (SSSR count). The molecule has 0 atom stereocenters. The van der Waals surface area contributed by atoms with Crippen LogP contribution in [0.4, 0.5) is 11.5 Å². The average Bonchev–Trinajstić information content (AvgIpc) is 2.48. The fraction of sp³-hybridized carbons (Fsp3) is 0.176. The van der Waals surface area contributed by atoms with Crippen LogP contribution in [0.1, 0.15) is 25.3 Å². The lowest BCUT2D eigenvalue weighted by atomic mass is 10.0. The fourth-order valence-corrected chi connectivity index (χ4v) is 2.20. The number of nitrogens with one attached hydrogen (secondary N) is 1. The molecule has 0 fully saturated rings. The second kappa shape index (κ2) is 5.29. The third-order valence-corrected chi connectivity index (χ3v) is 3.40. The first-order valence-electron chi connectivity index (χ1n) is 6.80. The molecule has 0 aliphatic carbocycles. The van der Waals surface area contributed by atoms with Crippen LogP contribution in [0.2, 0.25) is 0 Å². The summed E-state index contributed by atoms with van der Waals surface area (Å²) in [7, 11) is 0. The Balaban J connectivity index is 1.93. The van der Waals surface area contributed by atoms with Gasteiger partial charge in [0, 0.05) is 35.1 Å². The van der Waals surface area contributed by atoms with Crippen molar-refractivity contribution < 1.29 is 0 Å². The van der Waals surface area contributed by atoms with Crippen molar-refractivity contribution in [3.63, 3.8) is 0 Å². The minimum atomic E-state index is 0.547. The van der Waals surface area contributed by atoms with Gasteiger partial charge < -0.3 is 5.32 Å². The Kier molecular flexibility index (Phi) is 3.33. The topological polar surface area (TPSA) is 37.8 Å². The number of fused-ring (bicyclic) bond motifs is 1. The molecule has 0 spiro atoms. The largest absolute Gasteiger partial charge is 0.340 e. The predicted octanol–water partition coefficient (Wildman–Crippen LogP) is 4.50. The molecule has 100 valence electrons. The smallest absolute Gasteiger partial charge is 0.138 e. The van der Waals surface area contributed by atoms with Crippen LogP contribution in [0.5, 0.6) is 0 Å². The van der Waals surface area contributed by atoms with E-state index in [1.807, 2.05) is 18.3 Å². The molecule has 20 heavy (non-hydrogen) atoms. The van der Waals surface area contributed by atoms with E-state index in [1.165, 1.54) is 5.56 Å². The van der Waals surface area contributed by atoms with E-state index in [0.29, 0.717) is 5.92 Å². The maximum Gasteiger partial charge on any atom is 0.138 e. The first-order chi connectivity index (χ1) is 9.74. The van der Waals surface area contributed by atoms with Gasteiger partial charge in [-0.2, -0.15) is 0 Å². The highest BCUT2D eigenvalue weighted by atomic mass is 15.0. The summed E-state index contributed by atoms with van der Waals surface area (Å²) in [5, 5.41) is 5.54. The Hall–Kier alpha value is -2.42. The van der Waals surface area contributed by atoms with Crippen LogP contribution in [0.25, 0.3) is 10.8 Å². The van der Waals surface area contributed by atoms with Gasteiger partial charge in [-0.3, -0.25) is 4.98 Å². The molecule has 0 saturated carbocycles. The zero-order valence-electron chi connectivity index (χ0n) is 11.7. The molecule has 0 aliphatic heterocycles. The van der Waals surface area contributed by atoms with Crippen LogP contribution in [0, 0.1) is 0 Å². The van der Waals surface area contributed by atoms with E-state index < -0.39 is 0 Å². The van der Waals surface area contributed by atoms with Crippen molar-refractivity contribution in [1.29, 1.82) is 0 Å². The molecule has 0 amide bonds. The second-order valence-electron chi connectivity index (χ2n) is 5.16. The van der Waals surface area contributed by atoms with Gasteiger partial charge in [0.25, 0.3) is 0 Å². The van der Waals surface area contributed by atoms with Crippen LogP contribution in [0.15, 0.2) is 55.0 Å². The molecule has 3 nitrogen and oxygen atoms in total. The van der Waals surface area contributed by atoms with Crippen molar-refractivity contribution in [2.45, 2.75) is 19.8 Å². The van der Waals surface area contributed by atoms with Crippen LogP contribution < -0.4 is 5.32 Å². The van der Waals surface area contributed by atoms with Gasteiger partial charge in [-0.15, -0.1) is 0 Å². The maximum absolute atomic E-state index is 4.42. The van der Waals surface area contributed by atoms with Crippen LogP contribution in [0.3, 0.4) is 0 Å². The van der Waals surface area contributed by atoms with Crippen molar-refractivity contribution >= 4 is 22.3 Å². The summed E-state index contributed by atoms with van der Waals surface area (Å²) in [5.74, 6) is 1.41. The molecular weight excluding hydrogens is 246 g/mol. The third-order valence-electron chi connectivity index (χ3n) is 3.40. The van der Waals surface area contributed by atoms with Crippen molar-refractivity contribution in [2.75, 3.05) is 5.32 Å². The molecular formula is C17H17N3. The van der Waals surface area contributed by atoms with Gasteiger partial charge in [0.05, 0.1) is 0 Å². The number of rotatable bonds is 3. The van der Waals surface area contributed by atoms with Gasteiger partial charge in [0.15, 0.2) is 0 Å². The normalized spacial score (nSPS) is 10.9. The molecule has 0 aliphatic rings. The highest BCUT2D eigenvalue weighted by molar-refractivity contribution is 5.92. The molecule has 3 heteroatoms. The number of hydrogen-bond donors (Lipinski definition) is 1. The molecule has 2 heterocycles. The van der Waals surface area contributed by atoms with Crippen molar-refractivity contribution in [1.82, 2.24) is 9.97 Å². The average molecular weight is 263 g/mol. The first-order valence-corrected chi connectivity index (χ1v) is 6.80.